The van der Waals surface area contributed by atoms with Gasteiger partial charge in [0.1, 0.15) is 11.4 Å². The van der Waals surface area contributed by atoms with Crippen LogP contribution in [0.3, 0.4) is 0 Å². The molecule has 1 aromatic carbocycles. The van der Waals surface area contributed by atoms with Crippen LogP contribution >= 0.6 is 0 Å². The van der Waals surface area contributed by atoms with Crippen molar-refractivity contribution in [2.75, 3.05) is 33.4 Å². The van der Waals surface area contributed by atoms with Gasteiger partial charge in [-0.2, -0.15) is 0 Å². The molecule has 3 rings (SSSR count). The predicted molar refractivity (Wildman–Crippen MR) is 94.5 cm³/mol. The highest BCUT2D eigenvalue weighted by Gasteiger charge is 2.23. The molecule has 1 N–H and O–H groups in total. The highest BCUT2D eigenvalue weighted by molar-refractivity contribution is 6.04. The lowest BCUT2D eigenvalue weighted by atomic mass is 10.1. The van der Waals surface area contributed by atoms with Crippen LogP contribution < -0.4 is 10.1 Å². The van der Waals surface area contributed by atoms with Crippen LogP contribution in [0.1, 0.15) is 16.1 Å². The summed E-state index contributed by atoms with van der Waals surface area (Å²) in [6.45, 7) is 1.92. The Bertz CT molecular complexity index is 775. The van der Waals surface area contributed by atoms with Crippen molar-refractivity contribution in [1.82, 2.24) is 10.2 Å². The van der Waals surface area contributed by atoms with Gasteiger partial charge in [-0.05, 0) is 35.9 Å². The Morgan fingerprint density at radius 2 is 1.88 bits per heavy atom. The minimum absolute atomic E-state index is 0.139. The Morgan fingerprint density at radius 1 is 1.15 bits per heavy atom. The third-order valence-electron chi connectivity index (χ3n) is 3.95. The van der Waals surface area contributed by atoms with E-state index >= 15 is 0 Å². The Kier molecular flexibility index (Phi) is 5.70. The highest BCUT2D eigenvalue weighted by Crippen LogP contribution is 2.15. The Labute approximate surface area is 151 Å². The molecule has 0 spiro atoms. The summed E-state index contributed by atoms with van der Waals surface area (Å²) in [5.41, 5.74) is 0.945. The van der Waals surface area contributed by atoms with Crippen LogP contribution in [0.25, 0.3) is 6.08 Å². The summed E-state index contributed by atoms with van der Waals surface area (Å²) in [4.78, 5) is 26.8. The van der Waals surface area contributed by atoms with Crippen LogP contribution in [-0.2, 0) is 9.53 Å². The summed E-state index contributed by atoms with van der Waals surface area (Å²) in [5.74, 6) is 0.114. The van der Waals surface area contributed by atoms with E-state index in [9.17, 15) is 9.59 Å². The number of benzene rings is 1. The summed E-state index contributed by atoms with van der Waals surface area (Å²) < 4.78 is 15.5. The maximum atomic E-state index is 12.9. The van der Waals surface area contributed by atoms with Gasteiger partial charge in [0, 0.05) is 13.1 Å². The fourth-order valence-electron chi connectivity index (χ4n) is 2.55. The van der Waals surface area contributed by atoms with E-state index in [1.807, 2.05) is 12.1 Å². The molecule has 7 heteroatoms. The van der Waals surface area contributed by atoms with Crippen LogP contribution in [0.5, 0.6) is 5.75 Å². The van der Waals surface area contributed by atoms with Crippen molar-refractivity contribution < 1.29 is 23.5 Å². The Balaban J connectivity index is 1.85. The van der Waals surface area contributed by atoms with Crippen molar-refractivity contribution >= 4 is 17.9 Å². The topological polar surface area (TPSA) is 81.0 Å². The largest absolute Gasteiger partial charge is 0.497 e. The fraction of sp³-hybridized carbons (Fsp3) is 0.263. The van der Waals surface area contributed by atoms with Crippen molar-refractivity contribution in [3.05, 3.63) is 59.7 Å². The number of morpholine rings is 1. The number of nitrogens with one attached hydrogen (secondary N) is 1. The quantitative estimate of drug-likeness (QED) is 0.828. The second-order valence-corrected chi connectivity index (χ2v) is 5.67. The van der Waals surface area contributed by atoms with Crippen LogP contribution in [0.2, 0.25) is 0 Å². The predicted octanol–water partition coefficient (Wildman–Crippen LogP) is 1.92. The standard InChI is InChI=1S/C19H20N2O5/c1-24-15-6-4-14(5-7-15)13-16(19(23)21-8-11-25-12-9-21)20-18(22)17-3-2-10-26-17/h2-7,10,13H,8-9,11-12H2,1H3,(H,20,22). The lowest BCUT2D eigenvalue weighted by Crippen LogP contribution is -2.44. The van der Waals surface area contributed by atoms with Gasteiger partial charge in [-0.1, -0.05) is 12.1 Å². The first-order valence-corrected chi connectivity index (χ1v) is 8.25. The number of furan rings is 1. The number of methoxy groups -OCH3 is 1. The van der Waals surface area contributed by atoms with Gasteiger partial charge in [-0.25, -0.2) is 0 Å². The SMILES string of the molecule is COc1ccc(C=C(NC(=O)c2ccco2)C(=O)N2CCOCC2)cc1. The molecule has 1 aliphatic rings. The summed E-state index contributed by atoms with van der Waals surface area (Å²) in [6, 6.07) is 10.4. The van der Waals surface area contributed by atoms with Crippen LogP contribution in [0, 0.1) is 0 Å². The molecule has 2 heterocycles. The van der Waals surface area contributed by atoms with Gasteiger partial charge in [0.15, 0.2) is 5.76 Å². The average Bonchev–Trinajstić information content (AvgIpc) is 3.23. The van der Waals surface area contributed by atoms with E-state index in [1.54, 1.807) is 42.4 Å². The van der Waals surface area contributed by atoms with Crippen molar-refractivity contribution in [2.45, 2.75) is 0 Å². The van der Waals surface area contributed by atoms with Crippen molar-refractivity contribution in [2.24, 2.45) is 0 Å². The Hall–Kier alpha value is -3.06. The molecule has 2 aromatic rings. The van der Waals surface area contributed by atoms with E-state index in [1.165, 1.54) is 6.26 Å². The van der Waals surface area contributed by atoms with Crippen LogP contribution in [-0.4, -0.2) is 50.1 Å². The maximum Gasteiger partial charge on any atom is 0.291 e. The zero-order chi connectivity index (χ0) is 18.4. The smallest absolute Gasteiger partial charge is 0.291 e. The maximum absolute atomic E-state index is 12.9. The van der Waals surface area contributed by atoms with E-state index < -0.39 is 5.91 Å². The summed E-state index contributed by atoms with van der Waals surface area (Å²) in [7, 11) is 1.59. The molecular formula is C19H20N2O5. The molecule has 0 radical (unpaired) electrons. The molecule has 1 aliphatic heterocycles. The lowest BCUT2D eigenvalue weighted by Gasteiger charge is -2.27. The molecule has 1 fully saturated rings. The zero-order valence-corrected chi connectivity index (χ0v) is 14.4. The first-order valence-electron chi connectivity index (χ1n) is 8.25. The third kappa shape index (κ3) is 4.31. The first kappa shape index (κ1) is 17.8. The molecule has 7 nitrogen and oxygen atoms in total. The van der Waals surface area contributed by atoms with Gasteiger partial charge in [-0.15, -0.1) is 0 Å². The van der Waals surface area contributed by atoms with Crippen molar-refractivity contribution in [3.8, 4) is 5.75 Å². The third-order valence-corrected chi connectivity index (χ3v) is 3.95. The number of carbonyl (C=O) groups excluding carboxylic acids is 2. The highest BCUT2D eigenvalue weighted by atomic mass is 16.5. The second-order valence-electron chi connectivity index (χ2n) is 5.67. The van der Waals surface area contributed by atoms with E-state index in [0.29, 0.717) is 32.1 Å². The molecule has 0 bridgehead atoms. The fourth-order valence-corrected chi connectivity index (χ4v) is 2.55. The molecule has 2 amide bonds. The molecular weight excluding hydrogens is 336 g/mol. The average molecular weight is 356 g/mol. The number of amides is 2. The van der Waals surface area contributed by atoms with E-state index in [0.717, 1.165) is 5.56 Å². The number of ether oxygens (including phenoxy) is 2. The van der Waals surface area contributed by atoms with E-state index in [-0.39, 0.29) is 17.4 Å². The summed E-state index contributed by atoms with van der Waals surface area (Å²) >= 11 is 0. The zero-order valence-electron chi connectivity index (χ0n) is 14.4. The van der Waals surface area contributed by atoms with Gasteiger partial charge in [-0.3, -0.25) is 9.59 Å². The van der Waals surface area contributed by atoms with Crippen LogP contribution in [0.15, 0.2) is 52.8 Å². The van der Waals surface area contributed by atoms with Gasteiger partial charge in [0.05, 0.1) is 26.6 Å². The van der Waals surface area contributed by atoms with Gasteiger partial charge in [0.2, 0.25) is 0 Å². The normalized spacial score (nSPS) is 14.8. The van der Waals surface area contributed by atoms with E-state index in [4.69, 9.17) is 13.9 Å². The monoisotopic (exact) mass is 356 g/mol. The second kappa shape index (κ2) is 8.35. The molecule has 0 aliphatic carbocycles. The van der Waals surface area contributed by atoms with Gasteiger partial charge >= 0.3 is 0 Å². The lowest BCUT2D eigenvalue weighted by molar-refractivity contribution is -0.131. The Morgan fingerprint density at radius 3 is 2.50 bits per heavy atom. The molecule has 1 aromatic heterocycles. The number of hydrogen-bond acceptors (Lipinski definition) is 5. The molecule has 26 heavy (non-hydrogen) atoms. The minimum Gasteiger partial charge on any atom is -0.497 e. The number of carbonyl (C=O) groups is 2. The molecule has 136 valence electrons. The molecule has 0 saturated carbocycles. The molecule has 0 atom stereocenters. The van der Waals surface area contributed by atoms with E-state index in [2.05, 4.69) is 5.32 Å². The summed E-state index contributed by atoms with van der Waals surface area (Å²) in [5, 5.41) is 2.66. The van der Waals surface area contributed by atoms with Crippen LogP contribution in [0.4, 0.5) is 0 Å². The van der Waals surface area contributed by atoms with Gasteiger partial charge < -0.3 is 24.1 Å². The minimum atomic E-state index is -0.476. The molecule has 0 unspecified atom stereocenters. The number of hydrogen-bond donors (Lipinski definition) is 1. The first-order chi connectivity index (χ1) is 12.7. The van der Waals surface area contributed by atoms with Crippen molar-refractivity contribution in [3.63, 3.8) is 0 Å². The van der Waals surface area contributed by atoms with Gasteiger partial charge in [0.25, 0.3) is 11.8 Å². The number of rotatable bonds is 5. The number of nitrogens with zero attached hydrogens (tertiary/aromatic N) is 1. The summed E-state index contributed by atoms with van der Waals surface area (Å²) in [6.07, 6.45) is 3.05. The molecule has 1 saturated heterocycles. The van der Waals surface area contributed by atoms with Crippen molar-refractivity contribution in [1.29, 1.82) is 0 Å².